The van der Waals surface area contributed by atoms with Gasteiger partial charge in [0.15, 0.2) is 11.5 Å². The SMILES string of the molecule is O=C(NCC=Cc1ccc2c(c1)OCCCO2)OCc1ccccc1. The number of fused-ring (bicyclic) bond motifs is 1. The maximum absolute atomic E-state index is 11.7. The standard InChI is InChI=1S/C20H21NO4/c22-20(25-15-17-6-2-1-3-7-17)21-11-4-8-16-9-10-18-19(14-16)24-13-5-12-23-18/h1-4,6-10,14H,5,11-13,15H2,(H,21,22). The van der Waals surface area contributed by atoms with E-state index in [-0.39, 0.29) is 6.61 Å². The molecule has 5 heteroatoms. The molecule has 2 aromatic rings. The van der Waals surface area contributed by atoms with Gasteiger partial charge in [-0.05, 0) is 23.3 Å². The molecule has 0 bridgehead atoms. The number of alkyl carbamates (subject to hydrolysis) is 1. The number of rotatable bonds is 5. The average molecular weight is 339 g/mol. The van der Waals surface area contributed by atoms with Crippen LogP contribution < -0.4 is 14.8 Å². The van der Waals surface area contributed by atoms with Gasteiger partial charge in [0.2, 0.25) is 0 Å². The van der Waals surface area contributed by atoms with Gasteiger partial charge in [0, 0.05) is 13.0 Å². The fourth-order valence-electron chi connectivity index (χ4n) is 2.39. The van der Waals surface area contributed by atoms with Crippen molar-refractivity contribution in [3.05, 3.63) is 65.7 Å². The van der Waals surface area contributed by atoms with Crippen LogP contribution in [0.15, 0.2) is 54.6 Å². The summed E-state index contributed by atoms with van der Waals surface area (Å²) in [5.41, 5.74) is 1.95. The molecule has 1 amide bonds. The number of carbonyl (C=O) groups excluding carboxylic acids is 1. The molecule has 0 saturated heterocycles. The quantitative estimate of drug-likeness (QED) is 0.900. The minimum absolute atomic E-state index is 0.262. The van der Waals surface area contributed by atoms with Crippen LogP contribution in [-0.4, -0.2) is 25.9 Å². The Hall–Kier alpha value is -2.95. The summed E-state index contributed by atoms with van der Waals surface area (Å²) in [6.45, 7) is 1.99. The van der Waals surface area contributed by atoms with Crippen LogP contribution in [0, 0.1) is 0 Å². The average Bonchev–Trinajstić information content (AvgIpc) is 2.89. The van der Waals surface area contributed by atoms with Crippen molar-refractivity contribution in [3.63, 3.8) is 0 Å². The van der Waals surface area contributed by atoms with E-state index in [0.29, 0.717) is 19.8 Å². The third-order valence-corrected chi connectivity index (χ3v) is 3.66. The van der Waals surface area contributed by atoms with Crippen molar-refractivity contribution < 1.29 is 19.0 Å². The van der Waals surface area contributed by atoms with E-state index in [0.717, 1.165) is 29.0 Å². The van der Waals surface area contributed by atoms with Gasteiger partial charge >= 0.3 is 6.09 Å². The third kappa shape index (κ3) is 5.28. The molecule has 5 nitrogen and oxygen atoms in total. The molecule has 3 rings (SSSR count). The van der Waals surface area contributed by atoms with Gasteiger partial charge in [0.25, 0.3) is 0 Å². The van der Waals surface area contributed by atoms with Crippen LogP contribution in [0.25, 0.3) is 6.08 Å². The fraction of sp³-hybridized carbons (Fsp3) is 0.250. The number of benzene rings is 2. The molecule has 1 heterocycles. The number of amides is 1. The van der Waals surface area contributed by atoms with Crippen LogP contribution in [-0.2, 0) is 11.3 Å². The Morgan fingerprint density at radius 1 is 1.08 bits per heavy atom. The Morgan fingerprint density at radius 2 is 1.88 bits per heavy atom. The van der Waals surface area contributed by atoms with Gasteiger partial charge in [-0.3, -0.25) is 0 Å². The van der Waals surface area contributed by atoms with Gasteiger partial charge in [-0.1, -0.05) is 48.6 Å². The molecule has 2 aromatic carbocycles. The number of hydrogen-bond acceptors (Lipinski definition) is 4. The molecular weight excluding hydrogens is 318 g/mol. The van der Waals surface area contributed by atoms with Crippen molar-refractivity contribution in [1.29, 1.82) is 0 Å². The molecule has 0 fully saturated rings. The number of nitrogens with one attached hydrogen (secondary N) is 1. The first-order valence-electron chi connectivity index (χ1n) is 8.32. The minimum atomic E-state index is -0.438. The first-order chi connectivity index (χ1) is 12.3. The van der Waals surface area contributed by atoms with E-state index in [1.165, 1.54) is 0 Å². The monoisotopic (exact) mass is 339 g/mol. The lowest BCUT2D eigenvalue weighted by Crippen LogP contribution is -2.24. The van der Waals surface area contributed by atoms with E-state index < -0.39 is 6.09 Å². The molecule has 0 spiro atoms. The summed E-state index contributed by atoms with van der Waals surface area (Å²) in [5, 5.41) is 2.69. The van der Waals surface area contributed by atoms with E-state index in [4.69, 9.17) is 14.2 Å². The van der Waals surface area contributed by atoms with Crippen LogP contribution in [0.1, 0.15) is 17.5 Å². The number of carbonyl (C=O) groups is 1. The van der Waals surface area contributed by atoms with Crippen molar-refractivity contribution in [2.45, 2.75) is 13.0 Å². The normalized spacial score (nSPS) is 13.3. The second kappa shape index (κ2) is 8.78. The zero-order valence-corrected chi connectivity index (χ0v) is 13.9. The molecule has 0 atom stereocenters. The highest BCUT2D eigenvalue weighted by Crippen LogP contribution is 2.30. The summed E-state index contributed by atoms with van der Waals surface area (Å²) in [5.74, 6) is 1.53. The summed E-state index contributed by atoms with van der Waals surface area (Å²) in [7, 11) is 0. The van der Waals surface area contributed by atoms with Crippen LogP contribution in [0.5, 0.6) is 11.5 Å². The maximum atomic E-state index is 11.7. The predicted octanol–water partition coefficient (Wildman–Crippen LogP) is 3.79. The summed E-state index contributed by atoms with van der Waals surface area (Å²) in [6, 6.07) is 15.4. The van der Waals surface area contributed by atoms with Crippen molar-refractivity contribution in [1.82, 2.24) is 5.32 Å². The van der Waals surface area contributed by atoms with E-state index in [1.807, 2.05) is 60.7 Å². The molecule has 1 N–H and O–H groups in total. The van der Waals surface area contributed by atoms with Crippen LogP contribution >= 0.6 is 0 Å². The maximum Gasteiger partial charge on any atom is 0.407 e. The van der Waals surface area contributed by atoms with E-state index in [1.54, 1.807) is 0 Å². The molecule has 0 aliphatic carbocycles. The zero-order valence-electron chi connectivity index (χ0n) is 13.9. The predicted molar refractivity (Wildman–Crippen MR) is 95.7 cm³/mol. The lowest BCUT2D eigenvalue weighted by Gasteiger charge is -2.07. The Bertz CT molecular complexity index is 728. The van der Waals surface area contributed by atoms with Gasteiger partial charge in [0.1, 0.15) is 6.61 Å². The molecular formula is C20H21NO4. The topological polar surface area (TPSA) is 56.8 Å². The van der Waals surface area contributed by atoms with E-state index >= 15 is 0 Å². The lowest BCUT2D eigenvalue weighted by atomic mass is 10.2. The van der Waals surface area contributed by atoms with E-state index in [9.17, 15) is 4.79 Å². The first-order valence-corrected chi connectivity index (χ1v) is 8.32. The molecule has 1 aliphatic heterocycles. The highest BCUT2D eigenvalue weighted by Gasteiger charge is 2.09. The Labute approximate surface area is 147 Å². The van der Waals surface area contributed by atoms with Gasteiger partial charge in [0.05, 0.1) is 13.2 Å². The largest absolute Gasteiger partial charge is 0.490 e. The van der Waals surface area contributed by atoms with E-state index in [2.05, 4.69) is 5.32 Å². The number of hydrogen-bond donors (Lipinski definition) is 1. The second-order valence-electron chi connectivity index (χ2n) is 5.60. The van der Waals surface area contributed by atoms with Crippen molar-refractivity contribution in [3.8, 4) is 11.5 Å². The minimum Gasteiger partial charge on any atom is -0.490 e. The number of ether oxygens (including phenoxy) is 3. The highest BCUT2D eigenvalue weighted by molar-refractivity contribution is 5.67. The smallest absolute Gasteiger partial charge is 0.407 e. The van der Waals surface area contributed by atoms with Crippen LogP contribution in [0.4, 0.5) is 4.79 Å². The molecule has 0 aromatic heterocycles. The Kier molecular flexibility index (Phi) is 5.93. The van der Waals surface area contributed by atoms with Crippen molar-refractivity contribution in [2.24, 2.45) is 0 Å². The Balaban J connectivity index is 1.44. The van der Waals surface area contributed by atoms with Crippen LogP contribution in [0.2, 0.25) is 0 Å². The first kappa shape index (κ1) is 16.9. The second-order valence-corrected chi connectivity index (χ2v) is 5.60. The molecule has 0 saturated carbocycles. The summed E-state index contributed by atoms with van der Waals surface area (Å²) < 4.78 is 16.4. The molecule has 1 aliphatic rings. The van der Waals surface area contributed by atoms with Gasteiger partial charge in [-0.25, -0.2) is 4.79 Å². The molecule has 25 heavy (non-hydrogen) atoms. The molecule has 130 valence electrons. The molecule has 0 unspecified atom stereocenters. The van der Waals surface area contributed by atoms with Gasteiger partial charge in [-0.15, -0.1) is 0 Å². The van der Waals surface area contributed by atoms with Gasteiger partial charge in [-0.2, -0.15) is 0 Å². The summed E-state index contributed by atoms with van der Waals surface area (Å²) in [6.07, 6.45) is 4.23. The molecule has 0 radical (unpaired) electrons. The Morgan fingerprint density at radius 3 is 2.72 bits per heavy atom. The highest BCUT2D eigenvalue weighted by atomic mass is 16.5. The van der Waals surface area contributed by atoms with Crippen LogP contribution in [0.3, 0.4) is 0 Å². The van der Waals surface area contributed by atoms with Crippen molar-refractivity contribution in [2.75, 3.05) is 19.8 Å². The summed E-state index contributed by atoms with van der Waals surface area (Å²) >= 11 is 0. The third-order valence-electron chi connectivity index (χ3n) is 3.66. The van der Waals surface area contributed by atoms with Crippen molar-refractivity contribution >= 4 is 12.2 Å². The zero-order chi connectivity index (χ0) is 17.3. The lowest BCUT2D eigenvalue weighted by molar-refractivity contribution is 0.141. The van der Waals surface area contributed by atoms with Gasteiger partial charge < -0.3 is 19.5 Å². The summed E-state index contributed by atoms with van der Waals surface area (Å²) in [4.78, 5) is 11.7. The fourth-order valence-corrected chi connectivity index (χ4v) is 2.39.